The van der Waals surface area contributed by atoms with Crippen LogP contribution >= 0.6 is 0 Å². The van der Waals surface area contributed by atoms with Crippen LogP contribution in [-0.2, 0) is 11.3 Å². The molecule has 0 spiro atoms. The van der Waals surface area contributed by atoms with Gasteiger partial charge in [-0.15, -0.1) is 0 Å². The summed E-state index contributed by atoms with van der Waals surface area (Å²) in [6.45, 7) is 7.04. The molecule has 0 aromatic heterocycles. The third kappa shape index (κ3) is 4.56. The maximum atomic E-state index is 10.7. The maximum absolute atomic E-state index is 10.7. The van der Waals surface area contributed by atoms with E-state index in [-0.39, 0.29) is 5.92 Å². The fraction of sp³-hybridized carbons (Fsp3) is 0.533. The Kier molecular flexibility index (Phi) is 5.83. The van der Waals surface area contributed by atoms with Gasteiger partial charge in [0.25, 0.3) is 0 Å². The first-order chi connectivity index (χ1) is 8.95. The van der Waals surface area contributed by atoms with Gasteiger partial charge in [0, 0.05) is 18.7 Å². The standard InChI is InChI=1S/C15H23NO3/c1-10(2)12-5-6-14(19-4)13(7-12)9-16-8-11(3)15(17)18/h5-7,10-11,16H,8-9H2,1-4H3,(H,17,18). The molecular weight excluding hydrogens is 242 g/mol. The zero-order chi connectivity index (χ0) is 14.4. The van der Waals surface area contributed by atoms with Crippen LogP contribution in [0.25, 0.3) is 0 Å². The maximum Gasteiger partial charge on any atom is 0.307 e. The van der Waals surface area contributed by atoms with Crippen molar-refractivity contribution in [1.29, 1.82) is 0 Å². The lowest BCUT2D eigenvalue weighted by molar-refractivity contribution is -0.140. The number of rotatable bonds is 7. The van der Waals surface area contributed by atoms with Crippen LogP contribution in [0.2, 0.25) is 0 Å². The van der Waals surface area contributed by atoms with Crippen molar-refractivity contribution in [3.8, 4) is 5.75 Å². The van der Waals surface area contributed by atoms with Crippen LogP contribution in [-0.4, -0.2) is 24.7 Å². The van der Waals surface area contributed by atoms with Gasteiger partial charge in [0.2, 0.25) is 0 Å². The summed E-state index contributed by atoms with van der Waals surface area (Å²) in [6.07, 6.45) is 0. The van der Waals surface area contributed by atoms with Crippen molar-refractivity contribution in [1.82, 2.24) is 5.32 Å². The molecule has 4 heteroatoms. The van der Waals surface area contributed by atoms with Gasteiger partial charge in [-0.25, -0.2) is 0 Å². The zero-order valence-corrected chi connectivity index (χ0v) is 12.1. The van der Waals surface area contributed by atoms with Gasteiger partial charge in [0.1, 0.15) is 5.75 Å². The van der Waals surface area contributed by atoms with Crippen molar-refractivity contribution in [3.05, 3.63) is 29.3 Å². The van der Waals surface area contributed by atoms with Crippen molar-refractivity contribution in [2.24, 2.45) is 5.92 Å². The summed E-state index contributed by atoms with van der Waals surface area (Å²) in [5, 5.41) is 12.0. The first-order valence-electron chi connectivity index (χ1n) is 6.56. The second kappa shape index (κ2) is 7.14. The average molecular weight is 265 g/mol. The van der Waals surface area contributed by atoms with Crippen LogP contribution in [0.15, 0.2) is 18.2 Å². The van der Waals surface area contributed by atoms with Gasteiger partial charge in [-0.1, -0.05) is 32.9 Å². The number of ether oxygens (including phenoxy) is 1. The molecule has 0 fully saturated rings. The minimum atomic E-state index is -0.782. The summed E-state index contributed by atoms with van der Waals surface area (Å²) in [5.41, 5.74) is 2.31. The Morgan fingerprint density at radius 2 is 2.05 bits per heavy atom. The van der Waals surface area contributed by atoms with Crippen molar-refractivity contribution >= 4 is 5.97 Å². The Hall–Kier alpha value is -1.55. The molecule has 0 saturated heterocycles. The third-order valence-corrected chi connectivity index (χ3v) is 3.16. The van der Waals surface area contributed by atoms with Gasteiger partial charge < -0.3 is 15.2 Å². The topological polar surface area (TPSA) is 58.6 Å². The normalized spacial score (nSPS) is 12.5. The van der Waals surface area contributed by atoms with E-state index in [1.165, 1.54) is 5.56 Å². The van der Waals surface area contributed by atoms with Gasteiger partial charge in [0.15, 0.2) is 0 Å². The van der Waals surface area contributed by atoms with E-state index in [1.54, 1.807) is 14.0 Å². The van der Waals surface area contributed by atoms with Crippen LogP contribution in [0.4, 0.5) is 0 Å². The molecule has 106 valence electrons. The first kappa shape index (κ1) is 15.5. The molecule has 1 atom stereocenters. The highest BCUT2D eigenvalue weighted by molar-refractivity contribution is 5.69. The SMILES string of the molecule is COc1ccc(C(C)C)cc1CNCC(C)C(=O)O. The lowest BCUT2D eigenvalue weighted by atomic mass is 10.00. The van der Waals surface area contributed by atoms with E-state index in [0.717, 1.165) is 11.3 Å². The molecule has 1 unspecified atom stereocenters. The van der Waals surface area contributed by atoms with E-state index >= 15 is 0 Å². The van der Waals surface area contributed by atoms with E-state index in [2.05, 4.69) is 31.3 Å². The first-order valence-corrected chi connectivity index (χ1v) is 6.56. The lowest BCUT2D eigenvalue weighted by Crippen LogP contribution is -2.26. The number of benzene rings is 1. The number of hydrogen-bond acceptors (Lipinski definition) is 3. The van der Waals surface area contributed by atoms with Gasteiger partial charge in [-0.05, 0) is 17.5 Å². The number of nitrogens with one attached hydrogen (secondary N) is 1. The predicted octanol–water partition coefficient (Wildman–Crippen LogP) is 2.63. The molecule has 0 radical (unpaired) electrons. The van der Waals surface area contributed by atoms with Crippen LogP contribution in [0.3, 0.4) is 0 Å². The van der Waals surface area contributed by atoms with Crippen LogP contribution in [0.5, 0.6) is 5.75 Å². The van der Waals surface area contributed by atoms with Crippen molar-refractivity contribution in [2.75, 3.05) is 13.7 Å². The van der Waals surface area contributed by atoms with E-state index in [9.17, 15) is 4.79 Å². The summed E-state index contributed by atoms with van der Waals surface area (Å²) in [4.78, 5) is 10.7. The van der Waals surface area contributed by atoms with E-state index in [1.807, 2.05) is 6.07 Å². The summed E-state index contributed by atoms with van der Waals surface area (Å²) in [6, 6.07) is 6.14. The molecule has 2 N–H and O–H groups in total. The van der Waals surface area contributed by atoms with Gasteiger partial charge in [-0.3, -0.25) is 4.79 Å². The van der Waals surface area contributed by atoms with Crippen LogP contribution < -0.4 is 10.1 Å². The van der Waals surface area contributed by atoms with Gasteiger partial charge in [-0.2, -0.15) is 0 Å². The number of carboxylic acids is 1. The van der Waals surface area contributed by atoms with E-state index in [0.29, 0.717) is 19.0 Å². The van der Waals surface area contributed by atoms with Gasteiger partial charge in [0.05, 0.1) is 13.0 Å². The second-order valence-electron chi connectivity index (χ2n) is 5.10. The number of aliphatic carboxylic acids is 1. The smallest absolute Gasteiger partial charge is 0.307 e. The number of methoxy groups -OCH3 is 1. The molecule has 0 aliphatic carbocycles. The van der Waals surface area contributed by atoms with Crippen molar-refractivity contribution in [2.45, 2.75) is 33.2 Å². The largest absolute Gasteiger partial charge is 0.496 e. The van der Waals surface area contributed by atoms with Gasteiger partial charge >= 0.3 is 5.97 Å². The predicted molar refractivity (Wildman–Crippen MR) is 75.6 cm³/mol. The molecule has 0 bridgehead atoms. The zero-order valence-electron chi connectivity index (χ0n) is 12.1. The molecule has 0 heterocycles. The molecule has 19 heavy (non-hydrogen) atoms. The fourth-order valence-electron chi connectivity index (χ4n) is 1.81. The Balaban J connectivity index is 2.70. The highest BCUT2D eigenvalue weighted by atomic mass is 16.5. The van der Waals surface area contributed by atoms with E-state index < -0.39 is 5.97 Å². The minimum absolute atomic E-state index is 0.390. The monoisotopic (exact) mass is 265 g/mol. The Labute approximate surface area is 114 Å². The number of carbonyl (C=O) groups is 1. The van der Waals surface area contributed by atoms with Crippen molar-refractivity contribution < 1.29 is 14.6 Å². The number of hydrogen-bond donors (Lipinski definition) is 2. The molecule has 0 aliphatic rings. The molecule has 0 amide bonds. The molecule has 1 aromatic rings. The van der Waals surface area contributed by atoms with Crippen LogP contribution in [0.1, 0.15) is 37.8 Å². The quantitative estimate of drug-likeness (QED) is 0.795. The molecular formula is C15H23NO3. The molecule has 1 aromatic carbocycles. The summed E-state index contributed by atoms with van der Waals surface area (Å²) < 4.78 is 5.33. The molecule has 0 saturated carbocycles. The molecule has 0 aliphatic heterocycles. The molecule has 1 rings (SSSR count). The average Bonchev–Trinajstić information content (AvgIpc) is 2.38. The third-order valence-electron chi connectivity index (χ3n) is 3.16. The Morgan fingerprint density at radius 3 is 2.58 bits per heavy atom. The summed E-state index contributed by atoms with van der Waals surface area (Å²) >= 11 is 0. The second-order valence-corrected chi connectivity index (χ2v) is 5.10. The Morgan fingerprint density at radius 1 is 1.37 bits per heavy atom. The van der Waals surface area contributed by atoms with E-state index in [4.69, 9.17) is 9.84 Å². The van der Waals surface area contributed by atoms with Crippen molar-refractivity contribution in [3.63, 3.8) is 0 Å². The van der Waals surface area contributed by atoms with Crippen LogP contribution in [0, 0.1) is 5.92 Å². The minimum Gasteiger partial charge on any atom is -0.496 e. The molecule has 4 nitrogen and oxygen atoms in total. The number of carboxylic acid groups (broad SMARTS) is 1. The highest BCUT2D eigenvalue weighted by Crippen LogP contribution is 2.24. The summed E-state index contributed by atoms with van der Waals surface area (Å²) in [7, 11) is 1.65. The summed E-state index contributed by atoms with van der Waals surface area (Å²) in [5.74, 6) is 0.122. The lowest BCUT2D eigenvalue weighted by Gasteiger charge is -2.14. The fourth-order valence-corrected chi connectivity index (χ4v) is 1.81. The highest BCUT2D eigenvalue weighted by Gasteiger charge is 2.11. The Bertz CT molecular complexity index is 429.